The highest BCUT2D eigenvalue weighted by molar-refractivity contribution is 8.26. The quantitative estimate of drug-likeness (QED) is 0.384. The van der Waals surface area contributed by atoms with Gasteiger partial charge in [-0.2, -0.15) is 5.26 Å². The Bertz CT molecular complexity index is 1440. The van der Waals surface area contributed by atoms with Crippen molar-refractivity contribution in [1.29, 1.82) is 5.26 Å². The number of aryl methyl sites for hydroxylation is 1. The van der Waals surface area contributed by atoms with Crippen molar-refractivity contribution in [2.75, 3.05) is 5.32 Å². The summed E-state index contributed by atoms with van der Waals surface area (Å²) in [6, 6.07) is 19.8. The number of carbonyl (C=O) groups excluding carboxylic acids is 1. The molecule has 6 nitrogen and oxygen atoms in total. The third kappa shape index (κ3) is 5.06. The Labute approximate surface area is 213 Å². The minimum Gasteiger partial charge on any atom is -0.367 e. The molecule has 1 aliphatic heterocycles. The molecule has 35 heavy (non-hydrogen) atoms. The summed E-state index contributed by atoms with van der Waals surface area (Å²) >= 11 is 6.74. The molecule has 1 saturated heterocycles. The number of nitriles is 1. The van der Waals surface area contributed by atoms with Crippen molar-refractivity contribution in [2.45, 2.75) is 26.9 Å². The van der Waals surface area contributed by atoms with Gasteiger partial charge < -0.3 is 5.32 Å². The summed E-state index contributed by atoms with van der Waals surface area (Å²) in [7, 11) is 1.62. The molecule has 0 radical (unpaired) electrons. The Balaban J connectivity index is 1.72. The minimum atomic E-state index is -0.385. The Morgan fingerprint density at radius 2 is 1.74 bits per heavy atom. The SMILES string of the molecule is Cc1ccc(CN2C(=O)/C(=C\c3c(C)c(C#N)c(=O)n(C)c3NCc3ccccc3)SC2=S)cc1. The highest BCUT2D eigenvalue weighted by atomic mass is 32.2. The molecule has 0 saturated carbocycles. The first-order valence-electron chi connectivity index (χ1n) is 11.0. The van der Waals surface area contributed by atoms with Crippen LogP contribution in [0, 0.1) is 25.2 Å². The van der Waals surface area contributed by atoms with Crippen LogP contribution in [0.2, 0.25) is 0 Å². The number of thiocarbonyl (C=S) groups is 1. The van der Waals surface area contributed by atoms with Gasteiger partial charge in [-0.25, -0.2) is 0 Å². The van der Waals surface area contributed by atoms with E-state index in [2.05, 4.69) is 5.32 Å². The van der Waals surface area contributed by atoms with Crippen molar-refractivity contribution in [1.82, 2.24) is 9.47 Å². The van der Waals surface area contributed by atoms with Crippen molar-refractivity contribution >= 4 is 46.1 Å². The topological polar surface area (TPSA) is 78.1 Å². The van der Waals surface area contributed by atoms with Crippen LogP contribution in [0.25, 0.3) is 6.08 Å². The van der Waals surface area contributed by atoms with Crippen LogP contribution in [0.4, 0.5) is 5.82 Å². The van der Waals surface area contributed by atoms with Crippen molar-refractivity contribution in [2.24, 2.45) is 7.05 Å². The summed E-state index contributed by atoms with van der Waals surface area (Å²) < 4.78 is 1.90. The number of carbonyl (C=O) groups is 1. The lowest BCUT2D eigenvalue weighted by Gasteiger charge is -2.18. The molecule has 4 rings (SSSR count). The summed E-state index contributed by atoms with van der Waals surface area (Å²) in [5, 5.41) is 13.0. The number of nitrogens with one attached hydrogen (secondary N) is 1. The van der Waals surface area contributed by atoms with E-state index in [4.69, 9.17) is 12.2 Å². The van der Waals surface area contributed by atoms with E-state index < -0.39 is 0 Å². The predicted molar refractivity (Wildman–Crippen MR) is 145 cm³/mol. The van der Waals surface area contributed by atoms with Gasteiger partial charge in [-0.15, -0.1) is 0 Å². The molecule has 1 aliphatic rings. The summed E-state index contributed by atoms with van der Waals surface area (Å²) in [6.45, 7) is 4.61. The summed E-state index contributed by atoms with van der Waals surface area (Å²) in [5.74, 6) is 0.348. The van der Waals surface area contributed by atoms with Crippen LogP contribution in [0.5, 0.6) is 0 Å². The molecule has 2 heterocycles. The van der Waals surface area contributed by atoms with E-state index in [-0.39, 0.29) is 17.0 Å². The first-order chi connectivity index (χ1) is 16.8. The van der Waals surface area contributed by atoms with Crippen LogP contribution in [-0.4, -0.2) is 19.7 Å². The fraction of sp³-hybridized carbons (Fsp3) is 0.185. The number of amides is 1. The lowest BCUT2D eigenvalue weighted by molar-refractivity contribution is -0.122. The first-order valence-corrected chi connectivity index (χ1v) is 12.2. The van der Waals surface area contributed by atoms with Gasteiger partial charge in [0.1, 0.15) is 21.8 Å². The zero-order chi connectivity index (χ0) is 25.1. The van der Waals surface area contributed by atoms with E-state index >= 15 is 0 Å². The Morgan fingerprint density at radius 3 is 2.40 bits per heavy atom. The summed E-state index contributed by atoms with van der Waals surface area (Å²) in [5.41, 5.74) is 3.99. The standard InChI is InChI=1S/C27H24N4O2S2/c1-17-9-11-20(12-10-17)16-31-26(33)23(35-27(31)34)13-21-18(2)22(14-28)25(32)30(3)24(21)29-15-19-7-5-4-6-8-19/h4-13,29H,15-16H2,1-3H3/b23-13+. The van der Waals surface area contributed by atoms with Crippen LogP contribution in [0.15, 0.2) is 64.3 Å². The normalized spacial score (nSPS) is 14.5. The second-order valence-corrected chi connectivity index (χ2v) is 10.0. The number of aromatic nitrogens is 1. The van der Waals surface area contributed by atoms with Gasteiger partial charge in [0.2, 0.25) is 0 Å². The number of benzene rings is 2. The van der Waals surface area contributed by atoms with E-state index in [9.17, 15) is 14.9 Å². The maximum atomic E-state index is 13.3. The van der Waals surface area contributed by atoms with Crippen molar-refractivity contribution in [3.05, 3.63) is 103 Å². The van der Waals surface area contributed by atoms with E-state index in [1.54, 1.807) is 24.9 Å². The molecule has 0 spiro atoms. The highest BCUT2D eigenvalue weighted by Gasteiger charge is 2.32. The molecule has 0 unspecified atom stereocenters. The third-order valence-corrected chi connectivity index (χ3v) is 7.29. The monoisotopic (exact) mass is 500 g/mol. The fourth-order valence-electron chi connectivity index (χ4n) is 3.87. The van der Waals surface area contributed by atoms with Gasteiger partial charge in [0.15, 0.2) is 0 Å². The number of rotatable bonds is 6. The zero-order valence-electron chi connectivity index (χ0n) is 19.7. The number of anilines is 1. The van der Waals surface area contributed by atoms with Crippen LogP contribution in [0.1, 0.15) is 33.4 Å². The molecule has 0 aliphatic carbocycles. The number of pyridine rings is 1. The average molecular weight is 501 g/mol. The Kier molecular flexibility index (Phi) is 7.20. The molecule has 1 amide bonds. The molecule has 176 valence electrons. The molecule has 8 heteroatoms. The fourth-order valence-corrected chi connectivity index (χ4v) is 5.11. The molecule has 3 aromatic rings. The van der Waals surface area contributed by atoms with Crippen LogP contribution in [0.3, 0.4) is 0 Å². The largest absolute Gasteiger partial charge is 0.367 e. The van der Waals surface area contributed by atoms with Gasteiger partial charge in [-0.3, -0.25) is 19.1 Å². The summed E-state index contributed by atoms with van der Waals surface area (Å²) in [4.78, 5) is 28.1. The molecule has 0 bridgehead atoms. The number of hydrogen-bond donors (Lipinski definition) is 1. The van der Waals surface area contributed by atoms with Gasteiger partial charge in [0.05, 0.1) is 11.4 Å². The van der Waals surface area contributed by atoms with E-state index in [0.29, 0.717) is 39.3 Å². The molecule has 0 atom stereocenters. The second-order valence-electron chi connectivity index (χ2n) is 8.33. The van der Waals surface area contributed by atoms with Crippen LogP contribution >= 0.6 is 24.0 Å². The van der Waals surface area contributed by atoms with Gasteiger partial charge in [0.25, 0.3) is 11.5 Å². The average Bonchev–Trinajstić information content (AvgIpc) is 3.12. The Hall–Kier alpha value is -3.67. The van der Waals surface area contributed by atoms with Crippen molar-refractivity contribution < 1.29 is 4.79 Å². The van der Waals surface area contributed by atoms with Crippen LogP contribution < -0.4 is 10.9 Å². The second kappa shape index (κ2) is 10.3. The maximum absolute atomic E-state index is 13.3. The maximum Gasteiger partial charge on any atom is 0.270 e. The molecular weight excluding hydrogens is 476 g/mol. The van der Waals surface area contributed by atoms with Crippen molar-refractivity contribution in [3.63, 3.8) is 0 Å². The van der Waals surface area contributed by atoms with Gasteiger partial charge in [-0.1, -0.05) is 84.1 Å². The van der Waals surface area contributed by atoms with Gasteiger partial charge >= 0.3 is 0 Å². The number of nitrogens with zero attached hydrogens (tertiary/aromatic N) is 3. The molecule has 1 aromatic heterocycles. The van der Waals surface area contributed by atoms with Gasteiger partial charge in [-0.05, 0) is 36.6 Å². The smallest absolute Gasteiger partial charge is 0.270 e. The van der Waals surface area contributed by atoms with E-state index in [1.807, 2.05) is 67.6 Å². The Morgan fingerprint density at radius 1 is 1.06 bits per heavy atom. The van der Waals surface area contributed by atoms with E-state index in [0.717, 1.165) is 16.7 Å². The lowest BCUT2D eigenvalue weighted by atomic mass is 10.0. The third-order valence-electron chi connectivity index (χ3n) is 5.91. The molecular formula is C27H24N4O2S2. The lowest BCUT2D eigenvalue weighted by Crippen LogP contribution is -2.27. The minimum absolute atomic E-state index is 0.0548. The number of hydrogen-bond acceptors (Lipinski definition) is 6. The predicted octanol–water partition coefficient (Wildman–Crippen LogP) is 4.89. The van der Waals surface area contributed by atoms with Crippen molar-refractivity contribution in [3.8, 4) is 6.07 Å². The van der Waals surface area contributed by atoms with Gasteiger partial charge in [0, 0.05) is 19.2 Å². The van der Waals surface area contributed by atoms with Crippen LogP contribution in [-0.2, 0) is 24.9 Å². The zero-order valence-corrected chi connectivity index (χ0v) is 21.3. The number of thioether (sulfide) groups is 1. The molecule has 1 fully saturated rings. The molecule has 1 N–H and O–H groups in total. The summed E-state index contributed by atoms with van der Waals surface area (Å²) in [6.07, 6.45) is 1.73. The highest BCUT2D eigenvalue weighted by Crippen LogP contribution is 2.35. The first kappa shape index (κ1) is 24.5. The van der Waals surface area contributed by atoms with E-state index in [1.165, 1.54) is 16.3 Å². The molecule has 2 aromatic carbocycles.